The van der Waals surface area contributed by atoms with Crippen molar-refractivity contribution in [3.8, 4) is 0 Å². The summed E-state index contributed by atoms with van der Waals surface area (Å²) in [7, 11) is -2.97. The van der Waals surface area contributed by atoms with E-state index in [0.29, 0.717) is 26.1 Å². The van der Waals surface area contributed by atoms with Crippen molar-refractivity contribution in [2.45, 2.75) is 61.0 Å². The van der Waals surface area contributed by atoms with Gasteiger partial charge in [-0.2, -0.15) is 0 Å². The summed E-state index contributed by atoms with van der Waals surface area (Å²) in [6, 6.07) is 0. The Morgan fingerprint density at radius 2 is 1.56 bits per heavy atom. The Morgan fingerprint density at radius 1 is 1.00 bits per heavy atom. The molecule has 0 aromatic heterocycles. The fraction of sp³-hybridized carbons (Fsp3) is 1.00. The maximum absolute atomic E-state index is 12.2. The van der Waals surface area contributed by atoms with Gasteiger partial charge in [-0.1, -0.05) is 6.42 Å². The van der Waals surface area contributed by atoms with E-state index in [1.165, 1.54) is 0 Å². The molecular formula is C13H22O4S. The minimum Gasteiger partial charge on any atom is -0.390 e. The van der Waals surface area contributed by atoms with E-state index in [1.54, 1.807) is 0 Å². The molecule has 2 unspecified atom stereocenters. The predicted molar refractivity (Wildman–Crippen MR) is 68.1 cm³/mol. The van der Waals surface area contributed by atoms with Gasteiger partial charge in [0.1, 0.15) is 0 Å². The van der Waals surface area contributed by atoms with Gasteiger partial charge < -0.3 is 9.84 Å². The molecule has 0 spiro atoms. The molecule has 2 atom stereocenters. The quantitative estimate of drug-likeness (QED) is 0.782. The molecule has 0 aliphatic carbocycles. The third-order valence-electron chi connectivity index (χ3n) is 5.12. The maximum atomic E-state index is 12.2. The molecule has 0 saturated carbocycles. The molecule has 0 radical (unpaired) electrons. The Bertz CT molecular complexity index is 391. The first-order chi connectivity index (χ1) is 8.52. The van der Waals surface area contributed by atoms with Crippen LogP contribution < -0.4 is 0 Å². The van der Waals surface area contributed by atoms with Crippen LogP contribution in [0.15, 0.2) is 0 Å². The van der Waals surface area contributed by atoms with Gasteiger partial charge in [-0.05, 0) is 44.4 Å². The summed E-state index contributed by atoms with van der Waals surface area (Å²) in [5, 5.41) is 10.3. The fourth-order valence-corrected chi connectivity index (χ4v) is 6.63. The summed E-state index contributed by atoms with van der Waals surface area (Å²) in [4.78, 5) is 0. The van der Waals surface area contributed by atoms with Crippen molar-refractivity contribution in [1.29, 1.82) is 0 Å². The number of hydrogen-bond acceptors (Lipinski definition) is 4. The van der Waals surface area contributed by atoms with Crippen molar-refractivity contribution in [2.24, 2.45) is 5.92 Å². The van der Waals surface area contributed by atoms with Gasteiger partial charge >= 0.3 is 0 Å². The van der Waals surface area contributed by atoms with E-state index in [1.807, 2.05) is 0 Å². The van der Waals surface area contributed by atoms with Crippen LogP contribution in [0.1, 0.15) is 44.9 Å². The third kappa shape index (κ3) is 2.00. The van der Waals surface area contributed by atoms with Gasteiger partial charge in [-0.25, -0.2) is 8.42 Å². The van der Waals surface area contributed by atoms with E-state index in [4.69, 9.17) is 4.74 Å². The van der Waals surface area contributed by atoms with E-state index < -0.39 is 15.4 Å². The summed E-state index contributed by atoms with van der Waals surface area (Å²) >= 11 is 0. The van der Waals surface area contributed by atoms with Crippen LogP contribution >= 0.6 is 0 Å². The summed E-state index contributed by atoms with van der Waals surface area (Å²) in [5.41, 5.74) is -0.759. The number of sulfone groups is 1. The van der Waals surface area contributed by atoms with Crippen LogP contribution in [0.4, 0.5) is 0 Å². The van der Waals surface area contributed by atoms with Gasteiger partial charge in [0.05, 0.1) is 16.1 Å². The fourth-order valence-electron chi connectivity index (χ4n) is 4.05. The van der Waals surface area contributed by atoms with Gasteiger partial charge in [-0.3, -0.25) is 0 Å². The number of aliphatic hydroxyl groups is 1. The molecule has 3 aliphatic heterocycles. The molecule has 0 aromatic carbocycles. The molecule has 1 N–H and O–H groups in total. The second-order valence-electron chi connectivity index (χ2n) is 6.16. The lowest BCUT2D eigenvalue weighted by Gasteiger charge is -2.48. The molecule has 2 bridgehead atoms. The average Bonchev–Trinajstić information content (AvgIpc) is 2.33. The standard InChI is InChI=1S/C13H22O4S/c14-13(10-4-6-17-7-5-10)8-11-2-1-3-12(9-13)18(11,15)16/h10-12,14H,1-9H2. The van der Waals surface area contributed by atoms with Crippen molar-refractivity contribution >= 4 is 9.84 Å². The monoisotopic (exact) mass is 274 g/mol. The molecule has 3 aliphatic rings. The minimum atomic E-state index is -2.97. The van der Waals surface area contributed by atoms with E-state index in [0.717, 1.165) is 32.1 Å². The molecule has 18 heavy (non-hydrogen) atoms. The number of hydrogen-bond donors (Lipinski definition) is 1. The van der Waals surface area contributed by atoms with E-state index >= 15 is 0 Å². The third-order valence-corrected chi connectivity index (χ3v) is 7.79. The highest BCUT2D eigenvalue weighted by atomic mass is 32.2. The van der Waals surface area contributed by atoms with Gasteiger partial charge in [-0.15, -0.1) is 0 Å². The van der Waals surface area contributed by atoms with Gasteiger partial charge in [0.15, 0.2) is 9.84 Å². The van der Waals surface area contributed by atoms with Crippen LogP contribution in [0, 0.1) is 5.92 Å². The van der Waals surface area contributed by atoms with Crippen LogP contribution in [0.3, 0.4) is 0 Å². The van der Waals surface area contributed by atoms with Crippen molar-refractivity contribution in [3.05, 3.63) is 0 Å². The second kappa shape index (κ2) is 4.46. The van der Waals surface area contributed by atoms with E-state index in [2.05, 4.69) is 0 Å². The highest BCUT2D eigenvalue weighted by Gasteiger charge is 2.53. The molecule has 104 valence electrons. The Morgan fingerprint density at radius 3 is 2.11 bits per heavy atom. The molecule has 0 aromatic rings. The highest BCUT2D eigenvalue weighted by molar-refractivity contribution is 7.92. The van der Waals surface area contributed by atoms with Crippen molar-refractivity contribution in [1.82, 2.24) is 0 Å². The Hall–Kier alpha value is -0.130. The SMILES string of the molecule is O=S1(=O)C2CCCC1CC(O)(C1CCOCC1)C2. The average molecular weight is 274 g/mol. The number of ether oxygens (including phenoxy) is 1. The first-order valence-corrected chi connectivity index (χ1v) is 8.66. The van der Waals surface area contributed by atoms with E-state index in [9.17, 15) is 13.5 Å². The first-order valence-electron chi connectivity index (χ1n) is 7.05. The topological polar surface area (TPSA) is 63.6 Å². The maximum Gasteiger partial charge on any atom is 0.156 e. The summed E-state index contributed by atoms with van der Waals surface area (Å²) in [6.07, 6.45) is 5.13. The molecule has 3 rings (SSSR count). The van der Waals surface area contributed by atoms with E-state index in [-0.39, 0.29) is 16.4 Å². The smallest absolute Gasteiger partial charge is 0.156 e. The Labute approximate surface area is 109 Å². The number of rotatable bonds is 1. The second-order valence-corrected chi connectivity index (χ2v) is 8.67. The lowest BCUT2D eigenvalue weighted by Crippen LogP contribution is -2.55. The molecule has 3 fully saturated rings. The molecule has 0 amide bonds. The van der Waals surface area contributed by atoms with Crippen LogP contribution in [-0.2, 0) is 14.6 Å². The normalized spacial score (nSPS) is 44.7. The zero-order chi connectivity index (χ0) is 12.8. The van der Waals surface area contributed by atoms with Crippen molar-refractivity contribution in [2.75, 3.05) is 13.2 Å². The predicted octanol–water partition coefficient (Wildman–Crippen LogP) is 1.27. The summed E-state index contributed by atoms with van der Waals surface area (Å²) < 4.78 is 29.8. The van der Waals surface area contributed by atoms with Crippen LogP contribution in [-0.4, -0.2) is 42.8 Å². The molecular weight excluding hydrogens is 252 g/mol. The number of fused-ring (bicyclic) bond motifs is 2. The molecule has 3 heterocycles. The van der Waals surface area contributed by atoms with Crippen LogP contribution in [0.25, 0.3) is 0 Å². The Balaban J connectivity index is 1.83. The summed E-state index contributed by atoms with van der Waals surface area (Å²) in [6.45, 7) is 1.41. The van der Waals surface area contributed by atoms with Crippen molar-refractivity contribution in [3.63, 3.8) is 0 Å². The first kappa shape index (κ1) is 12.9. The molecule has 5 heteroatoms. The Kier molecular flexibility index (Phi) is 3.19. The van der Waals surface area contributed by atoms with Crippen LogP contribution in [0.2, 0.25) is 0 Å². The minimum absolute atomic E-state index is 0.227. The largest absolute Gasteiger partial charge is 0.390 e. The van der Waals surface area contributed by atoms with Gasteiger partial charge in [0.2, 0.25) is 0 Å². The van der Waals surface area contributed by atoms with Gasteiger partial charge in [0, 0.05) is 13.2 Å². The highest BCUT2D eigenvalue weighted by Crippen LogP contribution is 2.46. The molecule has 3 saturated heterocycles. The van der Waals surface area contributed by atoms with Crippen molar-refractivity contribution < 1.29 is 18.3 Å². The zero-order valence-electron chi connectivity index (χ0n) is 10.7. The lowest BCUT2D eigenvalue weighted by atomic mass is 9.73. The molecule has 4 nitrogen and oxygen atoms in total. The zero-order valence-corrected chi connectivity index (χ0v) is 11.5. The summed E-state index contributed by atoms with van der Waals surface area (Å²) in [5.74, 6) is 0.227. The van der Waals surface area contributed by atoms with Gasteiger partial charge in [0.25, 0.3) is 0 Å². The van der Waals surface area contributed by atoms with Crippen LogP contribution in [0.5, 0.6) is 0 Å². The lowest BCUT2D eigenvalue weighted by molar-refractivity contribution is -0.0823.